The number of ether oxygens (including phenoxy) is 3. The zero-order chi connectivity index (χ0) is 18.9. The number of methoxy groups -OCH3 is 3. The van der Waals surface area contributed by atoms with E-state index in [4.69, 9.17) is 14.2 Å². The number of hydrogen-bond donors (Lipinski definition) is 1. The Labute approximate surface area is 152 Å². The Morgan fingerprint density at radius 3 is 2.42 bits per heavy atom. The number of aliphatic hydroxyl groups is 1. The predicted octanol–water partition coefficient (Wildman–Crippen LogP) is 0.778. The monoisotopic (exact) mass is 363 g/mol. The van der Waals surface area contributed by atoms with Crippen molar-refractivity contribution in [3.63, 3.8) is 0 Å². The minimum Gasteiger partial charge on any atom is -0.498 e. The third kappa shape index (κ3) is 1.54. The Kier molecular flexibility index (Phi) is 3.60. The van der Waals surface area contributed by atoms with E-state index in [1.807, 2.05) is 7.05 Å². The van der Waals surface area contributed by atoms with E-state index in [-0.39, 0.29) is 29.5 Å². The average molecular weight is 363 g/mol. The van der Waals surface area contributed by atoms with Crippen LogP contribution in [0.2, 0.25) is 0 Å². The number of nitrogens with zero attached hydrogens (tertiary/aromatic N) is 1. The number of rotatable bonds is 3. The molecule has 1 N–H and O–H groups in total. The standard InChI is InChI=1S/C19H25NO6/c1-20-8-7-17-10-11(21)14(25-3)16(26-4)19(17,20)6-5-18(17)13(22)9-12(24-2)15(18)23/h9,15,23H,5-8,10H2,1-4H3/t15-,17-,18-,19+/m0/s1. The van der Waals surface area contributed by atoms with Gasteiger partial charge < -0.3 is 19.3 Å². The van der Waals surface area contributed by atoms with Gasteiger partial charge in [0.2, 0.25) is 11.5 Å². The fourth-order valence-electron chi connectivity index (χ4n) is 6.44. The van der Waals surface area contributed by atoms with Gasteiger partial charge in [-0.15, -0.1) is 0 Å². The molecule has 0 aromatic rings. The van der Waals surface area contributed by atoms with E-state index in [2.05, 4.69) is 4.90 Å². The van der Waals surface area contributed by atoms with E-state index < -0.39 is 22.5 Å². The van der Waals surface area contributed by atoms with E-state index in [0.29, 0.717) is 31.6 Å². The SMILES string of the molecule is COC1=CC(=O)[C@@]2(CC[C@@]34C(OC)=C(OC)C(=O)C[C@@]23CCN4C)[C@H]1O. The molecule has 0 aromatic heterocycles. The zero-order valence-electron chi connectivity index (χ0n) is 15.6. The molecule has 0 bridgehead atoms. The third-order valence-corrected chi connectivity index (χ3v) is 7.44. The summed E-state index contributed by atoms with van der Waals surface area (Å²) in [5.74, 6) is 0.668. The molecule has 0 radical (unpaired) electrons. The number of likely N-dealkylation sites (N-methyl/N-ethyl adjacent to an activating group) is 1. The molecule has 4 rings (SSSR count). The molecule has 0 aromatic carbocycles. The highest BCUT2D eigenvalue weighted by molar-refractivity contribution is 6.03. The lowest BCUT2D eigenvalue weighted by Gasteiger charge is -2.53. The summed E-state index contributed by atoms with van der Waals surface area (Å²) in [4.78, 5) is 28.3. The van der Waals surface area contributed by atoms with E-state index >= 15 is 0 Å². The summed E-state index contributed by atoms with van der Waals surface area (Å²) >= 11 is 0. The molecule has 3 aliphatic carbocycles. The van der Waals surface area contributed by atoms with Gasteiger partial charge in [-0.1, -0.05) is 0 Å². The Balaban J connectivity index is 1.99. The summed E-state index contributed by atoms with van der Waals surface area (Å²) in [7, 11) is 6.45. The number of carbonyl (C=O) groups excluding carboxylic acids is 2. The van der Waals surface area contributed by atoms with Gasteiger partial charge in [0, 0.05) is 17.9 Å². The molecule has 2 fully saturated rings. The van der Waals surface area contributed by atoms with Crippen LogP contribution in [0.4, 0.5) is 0 Å². The van der Waals surface area contributed by atoms with Crippen LogP contribution in [0.25, 0.3) is 0 Å². The number of Topliss-reactive ketones (excluding diaryl/α,β-unsaturated/α-hetero) is 1. The Morgan fingerprint density at radius 2 is 1.85 bits per heavy atom. The van der Waals surface area contributed by atoms with Crippen molar-refractivity contribution >= 4 is 11.6 Å². The van der Waals surface area contributed by atoms with Gasteiger partial charge in [-0.3, -0.25) is 14.5 Å². The molecule has 0 unspecified atom stereocenters. The van der Waals surface area contributed by atoms with Crippen LogP contribution in [0, 0.1) is 10.8 Å². The molecule has 0 amide bonds. The van der Waals surface area contributed by atoms with Gasteiger partial charge in [0.1, 0.15) is 11.9 Å². The molecule has 1 saturated carbocycles. The van der Waals surface area contributed by atoms with Crippen molar-refractivity contribution in [2.24, 2.45) is 10.8 Å². The lowest BCUT2D eigenvalue weighted by Crippen LogP contribution is -2.62. The van der Waals surface area contributed by atoms with Gasteiger partial charge in [-0.05, 0) is 32.9 Å². The number of carbonyl (C=O) groups is 2. The average Bonchev–Trinajstić information content (AvgIpc) is 3.18. The molecular weight excluding hydrogens is 338 g/mol. The minimum atomic E-state index is -1.07. The van der Waals surface area contributed by atoms with Gasteiger partial charge in [-0.2, -0.15) is 0 Å². The van der Waals surface area contributed by atoms with Crippen LogP contribution in [-0.4, -0.2) is 68.1 Å². The molecule has 1 aliphatic heterocycles. The Hall–Kier alpha value is -1.86. The lowest BCUT2D eigenvalue weighted by molar-refractivity contribution is -0.149. The van der Waals surface area contributed by atoms with E-state index in [1.54, 1.807) is 0 Å². The second-order valence-electron chi connectivity index (χ2n) is 7.77. The molecule has 4 aliphatic rings. The molecular formula is C19H25NO6. The highest BCUT2D eigenvalue weighted by Crippen LogP contribution is 2.73. The first kappa shape index (κ1) is 17.5. The van der Waals surface area contributed by atoms with Gasteiger partial charge in [0.25, 0.3) is 0 Å². The van der Waals surface area contributed by atoms with Crippen LogP contribution in [0.1, 0.15) is 25.7 Å². The van der Waals surface area contributed by atoms with Gasteiger partial charge in [0.15, 0.2) is 11.5 Å². The van der Waals surface area contributed by atoms with Crippen molar-refractivity contribution in [3.05, 3.63) is 23.4 Å². The molecule has 1 spiro atoms. The van der Waals surface area contributed by atoms with Crippen LogP contribution in [-0.2, 0) is 23.8 Å². The zero-order valence-corrected chi connectivity index (χ0v) is 15.6. The van der Waals surface area contributed by atoms with E-state index in [1.165, 1.54) is 27.4 Å². The maximum atomic E-state index is 13.2. The highest BCUT2D eigenvalue weighted by Gasteiger charge is 2.80. The summed E-state index contributed by atoms with van der Waals surface area (Å²) in [5.41, 5.74) is -2.46. The fraction of sp³-hybridized carbons (Fsp3) is 0.684. The highest BCUT2D eigenvalue weighted by atomic mass is 16.5. The van der Waals surface area contributed by atoms with Gasteiger partial charge >= 0.3 is 0 Å². The Bertz CT molecular complexity index is 757. The quantitative estimate of drug-likeness (QED) is 0.793. The molecule has 4 atom stereocenters. The van der Waals surface area contributed by atoms with Gasteiger partial charge in [-0.25, -0.2) is 0 Å². The van der Waals surface area contributed by atoms with Crippen molar-refractivity contribution in [1.82, 2.24) is 4.90 Å². The van der Waals surface area contributed by atoms with Crippen molar-refractivity contribution < 1.29 is 28.9 Å². The normalized spacial score (nSPS) is 42.2. The Morgan fingerprint density at radius 1 is 1.12 bits per heavy atom. The fourth-order valence-corrected chi connectivity index (χ4v) is 6.44. The largest absolute Gasteiger partial charge is 0.498 e. The van der Waals surface area contributed by atoms with Crippen LogP contribution in [0.15, 0.2) is 23.4 Å². The lowest BCUT2D eigenvalue weighted by atomic mass is 9.52. The first-order valence-electron chi connectivity index (χ1n) is 8.91. The third-order valence-electron chi connectivity index (χ3n) is 7.44. The number of hydrogen-bond acceptors (Lipinski definition) is 7. The maximum Gasteiger partial charge on any atom is 0.201 e. The summed E-state index contributed by atoms with van der Waals surface area (Å²) in [5, 5.41) is 11.1. The molecule has 142 valence electrons. The first-order valence-corrected chi connectivity index (χ1v) is 8.91. The molecule has 1 saturated heterocycles. The van der Waals surface area contributed by atoms with Crippen LogP contribution in [0.3, 0.4) is 0 Å². The summed E-state index contributed by atoms with van der Waals surface area (Å²) in [6.07, 6.45) is 2.22. The number of allylic oxidation sites excluding steroid dienone is 2. The number of ketones is 2. The second kappa shape index (κ2) is 5.33. The predicted molar refractivity (Wildman–Crippen MR) is 90.9 cm³/mol. The van der Waals surface area contributed by atoms with Crippen LogP contribution >= 0.6 is 0 Å². The minimum absolute atomic E-state index is 0.150. The maximum absolute atomic E-state index is 13.2. The second-order valence-corrected chi connectivity index (χ2v) is 7.77. The van der Waals surface area contributed by atoms with Crippen molar-refractivity contribution in [2.45, 2.75) is 37.3 Å². The molecule has 7 nitrogen and oxygen atoms in total. The first-order chi connectivity index (χ1) is 12.4. The van der Waals surface area contributed by atoms with Crippen LogP contribution < -0.4 is 0 Å². The molecule has 7 heteroatoms. The van der Waals surface area contributed by atoms with E-state index in [9.17, 15) is 14.7 Å². The smallest absolute Gasteiger partial charge is 0.201 e. The summed E-state index contributed by atoms with van der Waals surface area (Å²) < 4.78 is 16.4. The number of aliphatic hydroxyl groups excluding tert-OH is 1. The molecule has 26 heavy (non-hydrogen) atoms. The van der Waals surface area contributed by atoms with Crippen molar-refractivity contribution in [1.29, 1.82) is 0 Å². The topological polar surface area (TPSA) is 85.3 Å². The van der Waals surface area contributed by atoms with Crippen LogP contribution in [0.5, 0.6) is 0 Å². The van der Waals surface area contributed by atoms with E-state index in [0.717, 1.165) is 0 Å². The van der Waals surface area contributed by atoms with Gasteiger partial charge in [0.05, 0.1) is 32.3 Å². The van der Waals surface area contributed by atoms with Crippen molar-refractivity contribution in [2.75, 3.05) is 34.9 Å². The summed E-state index contributed by atoms with van der Waals surface area (Å²) in [6.45, 7) is 0.710. The summed E-state index contributed by atoms with van der Waals surface area (Å²) in [6, 6.07) is 0. The number of likely N-dealkylation sites (tertiary alicyclic amines) is 1. The molecule has 1 heterocycles. The van der Waals surface area contributed by atoms with Crippen molar-refractivity contribution in [3.8, 4) is 0 Å².